The van der Waals surface area contributed by atoms with E-state index < -0.39 is 0 Å². The summed E-state index contributed by atoms with van der Waals surface area (Å²) >= 11 is 0. The third-order valence-corrected chi connectivity index (χ3v) is 11.7. The van der Waals surface area contributed by atoms with E-state index >= 15 is 0 Å². The van der Waals surface area contributed by atoms with Gasteiger partial charge in [-0.15, -0.1) is 0 Å². The van der Waals surface area contributed by atoms with Crippen LogP contribution in [-0.4, -0.2) is 10.5 Å². The van der Waals surface area contributed by atoms with Crippen molar-refractivity contribution in [2.45, 2.75) is 44.6 Å². The summed E-state index contributed by atoms with van der Waals surface area (Å²) in [5.74, 6) is 0.297. The number of hydrogen-bond donors (Lipinski definition) is 0. The number of aromatic nitrogens is 1. The van der Waals surface area contributed by atoms with Gasteiger partial charge in [-0.25, -0.2) is 0 Å². The van der Waals surface area contributed by atoms with Crippen LogP contribution in [0.4, 0.5) is 11.4 Å². The third-order valence-electron chi connectivity index (χ3n) is 11.7. The minimum atomic E-state index is -0.189. The van der Waals surface area contributed by atoms with Crippen LogP contribution in [-0.2, 0) is 5.41 Å². The molecular weight excluding hydrogens is 629 g/mol. The molecule has 2 nitrogen and oxygen atoms in total. The van der Waals surface area contributed by atoms with Gasteiger partial charge in [0.05, 0.1) is 5.54 Å². The van der Waals surface area contributed by atoms with E-state index in [-0.39, 0.29) is 11.0 Å². The van der Waals surface area contributed by atoms with E-state index in [0.717, 1.165) is 5.56 Å². The maximum atomic E-state index is 4.36. The van der Waals surface area contributed by atoms with Gasteiger partial charge in [0.25, 0.3) is 0 Å². The fourth-order valence-electron chi connectivity index (χ4n) is 9.00. The van der Waals surface area contributed by atoms with E-state index in [9.17, 15) is 0 Å². The molecule has 52 heavy (non-hydrogen) atoms. The summed E-state index contributed by atoms with van der Waals surface area (Å²) in [6, 6.07) is 47.9. The zero-order chi connectivity index (χ0) is 35.2. The average Bonchev–Trinajstić information content (AvgIpc) is 3.45. The topological polar surface area (TPSA) is 16.1 Å². The summed E-state index contributed by atoms with van der Waals surface area (Å²) < 4.78 is 0. The van der Waals surface area contributed by atoms with Crippen LogP contribution in [0.3, 0.4) is 0 Å². The molecule has 250 valence electrons. The number of para-hydroxylation sites is 1. The largest absolute Gasteiger partial charge is 0.331 e. The predicted molar refractivity (Wildman–Crippen MR) is 221 cm³/mol. The van der Waals surface area contributed by atoms with Gasteiger partial charge < -0.3 is 4.90 Å². The van der Waals surface area contributed by atoms with E-state index in [2.05, 4.69) is 183 Å². The maximum Gasteiger partial charge on any atom is 0.0712 e. The van der Waals surface area contributed by atoms with Crippen LogP contribution in [0.1, 0.15) is 44.7 Å². The summed E-state index contributed by atoms with van der Waals surface area (Å²) in [5, 5.41) is 7.86. The van der Waals surface area contributed by atoms with Gasteiger partial charge in [0.15, 0.2) is 0 Å². The number of benzene rings is 7. The highest BCUT2D eigenvalue weighted by Crippen LogP contribution is 2.54. The molecule has 2 heterocycles. The molecule has 2 aliphatic rings. The predicted octanol–water partition coefficient (Wildman–Crippen LogP) is 13.4. The Morgan fingerprint density at radius 1 is 0.615 bits per heavy atom. The van der Waals surface area contributed by atoms with Crippen molar-refractivity contribution in [2.75, 3.05) is 4.90 Å². The molecule has 1 aliphatic carbocycles. The monoisotopic (exact) mass is 668 g/mol. The number of hydrogen-bond acceptors (Lipinski definition) is 2. The number of pyridine rings is 1. The first-order chi connectivity index (χ1) is 25.3. The molecule has 2 unspecified atom stereocenters. The Hall–Kier alpha value is -5.99. The lowest BCUT2D eigenvalue weighted by Gasteiger charge is -2.39. The Morgan fingerprint density at radius 2 is 1.33 bits per heavy atom. The van der Waals surface area contributed by atoms with Crippen molar-refractivity contribution >= 4 is 43.7 Å². The molecule has 1 aliphatic heterocycles. The molecule has 10 rings (SSSR count). The van der Waals surface area contributed by atoms with Crippen molar-refractivity contribution in [3.8, 4) is 33.4 Å². The van der Waals surface area contributed by atoms with E-state index in [1.165, 1.54) is 82.6 Å². The fraction of sp³-hybridized carbons (Fsp3) is 0.140. The summed E-state index contributed by atoms with van der Waals surface area (Å²) in [4.78, 5) is 6.91. The van der Waals surface area contributed by atoms with E-state index in [1.54, 1.807) is 0 Å². The van der Waals surface area contributed by atoms with Crippen molar-refractivity contribution in [3.05, 3.63) is 175 Å². The Labute approximate surface area is 305 Å². The normalized spacial score (nSPS) is 18.1. The van der Waals surface area contributed by atoms with Gasteiger partial charge in [0, 0.05) is 29.7 Å². The quantitative estimate of drug-likeness (QED) is 0.174. The number of nitrogens with zero attached hydrogens (tertiary/aromatic N) is 2. The lowest BCUT2D eigenvalue weighted by atomic mass is 9.80. The number of anilines is 2. The molecule has 2 heteroatoms. The van der Waals surface area contributed by atoms with Gasteiger partial charge >= 0.3 is 0 Å². The number of allylic oxidation sites excluding steroid dienone is 2. The highest BCUT2D eigenvalue weighted by Gasteiger charge is 2.46. The van der Waals surface area contributed by atoms with Crippen LogP contribution in [0, 0.1) is 0 Å². The van der Waals surface area contributed by atoms with Gasteiger partial charge in [-0.05, 0) is 119 Å². The molecule has 2 atom stereocenters. The smallest absolute Gasteiger partial charge is 0.0712 e. The van der Waals surface area contributed by atoms with Crippen LogP contribution in [0.5, 0.6) is 0 Å². The molecule has 0 bridgehead atoms. The van der Waals surface area contributed by atoms with Crippen LogP contribution in [0.25, 0.3) is 65.7 Å². The lowest BCUT2D eigenvalue weighted by Crippen LogP contribution is -2.41. The molecule has 1 aromatic heterocycles. The highest BCUT2D eigenvalue weighted by molar-refractivity contribution is 6.28. The zero-order valence-electron chi connectivity index (χ0n) is 30.1. The molecule has 0 fully saturated rings. The summed E-state index contributed by atoms with van der Waals surface area (Å²) in [6.07, 6.45) is 12.9. The number of fused-ring (bicyclic) bond motifs is 3. The van der Waals surface area contributed by atoms with Gasteiger partial charge in [0.2, 0.25) is 0 Å². The lowest BCUT2D eigenvalue weighted by molar-refractivity contribution is 0.542. The van der Waals surface area contributed by atoms with Crippen LogP contribution in [0.2, 0.25) is 0 Å². The van der Waals surface area contributed by atoms with Crippen LogP contribution < -0.4 is 4.90 Å². The Morgan fingerprint density at radius 3 is 2.06 bits per heavy atom. The third kappa shape index (κ3) is 4.60. The fourth-order valence-corrected chi connectivity index (χ4v) is 9.00. The molecule has 0 spiro atoms. The Kier molecular flexibility index (Phi) is 6.67. The molecule has 8 aromatic rings. The second-order valence-electron chi connectivity index (χ2n) is 15.8. The number of rotatable bonds is 4. The molecule has 0 N–H and O–H groups in total. The first kappa shape index (κ1) is 30.8. The Balaban J connectivity index is 1.21. The van der Waals surface area contributed by atoms with Gasteiger partial charge in [-0.2, -0.15) is 0 Å². The van der Waals surface area contributed by atoms with Crippen LogP contribution >= 0.6 is 0 Å². The zero-order valence-corrected chi connectivity index (χ0v) is 30.1. The first-order valence-corrected chi connectivity index (χ1v) is 18.4. The van der Waals surface area contributed by atoms with Gasteiger partial charge in [0.1, 0.15) is 0 Å². The van der Waals surface area contributed by atoms with Gasteiger partial charge in [-0.3, -0.25) is 4.98 Å². The molecule has 7 aromatic carbocycles. The highest BCUT2D eigenvalue weighted by atomic mass is 15.2. The van der Waals surface area contributed by atoms with E-state index in [0.29, 0.717) is 5.92 Å². The van der Waals surface area contributed by atoms with Crippen molar-refractivity contribution in [2.24, 2.45) is 0 Å². The molecule has 0 saturated carbocycles. The second-order valence-corrected chi connectivity index (χ2v) is 15.8. The summed E-state index contributed by atoms with van der Waals surface area (Å²) in [6.45, 7) is 9.29. The SMILES string of the molecule is CC(C)(C)c1cc2ccc3c(-c4ccc(-c5cccnc5)cc4)cc(-c4cccc(N5c6ccccc6C6C=CC=CC65C)c4)c4ccc(c1)c2c34. The minimum Gasteiger partial charge on any atom is -0.331 e. The standard InChI is InChI=1S/C50H40N2/c1-49(2,3)38-27-35-21-23-40-43(33-19-17-32(18-20-33)37-12-10-26-51-31-37)30-44(41-24-22-36(28-38)47(35)48(40)41)34-11-9-13-39(29-34)52-46-16-6-5-14-42(46)45-15-7-8-25-50(45,52)4/h5-31,45H,1-4H3. The van der Waals surface area contributed by atoms with Crippen molar-refractivity contribution in [3.63, 3.8) is 0 Å². The first-order valence-electron chi connectivity index (χ1n) is 18.4. The Bertz CT molecular complexity index is 2710. The minimum absolute atomic E-state index is 0.0599. The molecular formula is C50H40N2. The van der Waals surface area contributed by atoms with Crippen LogP contribution in [0.15, 0.2) is 164 Å². The van der Waals surface area contributed by atoms with E-state index in [1.807, 2.05) is 18.5 Å². The van der Waals surface area contributed by atoms with Crippen molar-refractivity contribution < 1.29 is 0 Å². The average molecular weight is 669 g/mol. The molecule has 0 radical (unpaired) electrons. The van der Waals surface area contributed by atoms with E-state index in [4.69, 9.17) is 0 Å². The molecule has 0 saturated heterocycles. The van der Waals surface area contributed by atoms with Crippen molar-refractivity contribution in [1.29, 1.82) is 0 Å². The summed E-state index contributed by atoms with van der Waals surface area (Å²) in [7, 11) is 0. The summed E-state index contributed by atoms with van der Waals surface area (Å²) in [5.41, 5.74) is 12.3. The second kappa shape index (κ2) is 11.3. The maximum absolute atomic E-state index is 4.36. The van der Waals surface area contributed by atoms with Gasteiger partial charge in [-0.1, -0.05) is 142 Å². The molecule has 0 amide bonds. The van der Waals surface area contributed by atoms with Crippen molar-refractivity contribution in [1.82, 2.24) is 4.98 Å².